The molecule has 0 saturated heterocycles. The second-order valence-electron chi connectivity index (χ2n) is 5.36. The summed E-state index contributed by atoms with van der Waals surface area (Å²) < 4.78 is 5.38. The van der Waals surface area contributed by atoms with E-state index in [9.17, 15) is 0 Å². The van der Waals surface area contributed by atoms with Gasteiger partial charge in [-0.1, -0.05) is 36.7 Å². The third-order valence-electron chi connectivity index (χ3n) is 3.80. The van der Waals surface area contributed by atoms with E-state index < -0.39 is 0 Å². The van der Waals surface area contributed by atoms with Gasteiger partial charge in [0.15, 0.2) is 5.82 Å². The van der Waals surface area contributed by atoms with E-state index in [0.29, 0.717) is 0 Å². The Balaban J connectivity index is 1.71. The van der Waals surface area contributed by atoms with Crippen molar-refractivity contribution in [2.75, 3.05) is 11.4 Å². The van der Waals surface area contributed by atoms with Crippen LogP contribution in [-0.2, 0) is 19.4 Å². The maximum Gasteiger partial charge on any atom is 0.246 e. The van der Waals surface area contributed by atoms with Gasteiger partial charge < -0.3 is 9.42 Å². The summed E-state index contributed by atoms with van der Waals surface area (Å²) in [5, 5.41) is 4.06. The quantitative estimate of drug-likeness (QED) is 0.836. The summed E-state index contributed by atoms with van der Waals surface area (Å²) >= 11 is 0. The summed E-state index contributed by atoms with van der Waals surface area (Å²) in [6.07, 6.45) is 5.54. The average Bonchev–Trinajstić information content (AvgIpc) is 2.93. The zero-order chi connectivity index (χ0) is 13.8. The number of unbranched alkanes of at least 4 members (excludes halogenated alkanes) is 1. The lowest BCUT2D eigenvalue weighted by Crippen LogP contribution is -2.28. The Morgan fingerprint density at radius 1 is 1.30 bits per heavy atom. The SMILES string of the molecule is CCCCc1noc(CN2CCCc3ccccc32)n1. The number of hydrogen-bond acceptors (Lipinski definition) is 4. The average molecular weight is 271 g/mol. The van der Waals surface area contributed by atoms with Gasteiger partial charge in [-0.2, -0.15) is 4.98 Å². The second kappa shape index (κ2) is 6.07. The van der Waals surface area contributed by atoms with E-state index in [2.05, 4.69) is 46.2 Å². The first-order valence-corrected chi connectivity index (χ1v) is 7.51. The molecule has 0 radical (unpaired) electrons. The molecule has 1 aliphatic heterocycles. The molecule has 0 spiro atoms. The summed E-state index contributed by atoms with van der Waals surface area (Å²) in [6.45, 7) is 3.95. The molecule has 0 saturated carbocycles. The first-order chi connectivity index (χ1) is 9.86. The number of fused-ring (bicyclic) bond motifs is 1. The molecular formula is C16H21N3O. The third kappa shape index (κ3) is 2.84. The van der Waals surface area contributed by atoms with Crippen LogP contribution in [0.4, 0.5) is 5.69 Å². The molecule has 0 aliphatic carbocycles. The van der Waals surface area contributed by atoms with E-state index >= 15 is 0 Å². The third-order valence-corrected chi connectivity index (χ3v) is 3.80. The van der Waals surface area contributed by atoms with E-state index in [1.807, 2.05) is 0 Å². The van der Waals surface area contributed by atoms with Crippen LogP contribution in [0.3, 0.4) is 0 Å². The molecule has 106 valence electrons. The molecule has 2 heterocycles. The van der Waals surface area contributed by atoms with Crippen molar-refractivity contribution in [3.05, 3.63) is 41.5 Å². The Hall–Kier alpha value is -1.84. The normalized spacial score (nSPS) is 14.3. The molecule has 20 heavy (non-hydrogen) atoms. The number of anilines is 1. The molecule has 0 atom stereocenters. The first kappa shape index (κ1) is 13.2. The molecular weight excluding hydrogens is 250 g/mol. The van der Waals surface area contributed by atoms with E-state index in [0.717, 1.165) is 50.5 Å². The van der Waals surface area contributed by atoms with Crippen molar-refractivity contribution in [2.45, 2.75) is 45.6 Å². The Bertz CT molecular complexity index is 564. The fourth-order valence-corrected chi connectivity index (χ4v) is 2.73. The highest BCUT2D eigenvalue weighted by Crippen LogP contribution is 2.27. The number of para-hydroxylation sites is 1. The molecule has 4 heteroatoms. The maximum atomic E-state index is 5.38. The van der Waals surface area contributed by atoms with Crippen molar-refractivity contribution in [3.63, 3.8) is 0 Å². The summed E-state index contributed by atoms with van der Waals surface area (Å²) in [6, 6.07) is 8.60. The van der Waals surface area contributed by atoms with Crippen molar-refractivity contribution in [3.8, 4) is 0 Å². The Kier molecular flexibility index (Phi) is 4.00. The Morgan fingerprint density at radius 3 is 3.10 bits per heavy atom. The first-order valence-electron chi connectivity index (χ1n) is 7.51. The molecule has 0 amide bonds. The predicted molar refractivity (Wildman–Crippen MR) is 78.7 cm³/mol. The molecule has 2 aromatic rings. The smallest absolute Gasteiger partial charge is 0.246 e. The fraction of sp³-hybridized carbons (Fsp3) is 0.500. The standard InChI is InChI=1S/C16H21N3O/c1-2-3-10-15-17-16(20-18-15)12-19-11-6-8-13-7-4-5-9-14(13)19/h4-5,7,9H,2-3,6,8,10-12H2,1H3. The molecule has 1 aromatic carbocycles. The largest absolute Gasteiger partial charge is 0.362 e. The summed E-state index contributed by atoms with van der Waals surface area (Å²) in [4.78, 5) is 6.84. The highest BCUT2D eigenvalue weighted by Gasteiger charge is 2.18. The van der Waals surface area contributed by atoms with Crippen LogP contribution in [0.15, 0.2) is 28.8 Å². The number of nitrogens with zero attached hydrogens (tertiary/aromatic N) is 3. The number of aryl methyl sites for hydroxylation is 2. The van der Waals surface area contributed by atoms with E-state index in [1.54, 1.807) is 0 Å². The predicted octanol–water partition coefficient (Wildman–Crippen LogP) is 3.37. The number of hydrogen-bond donors (Lipinski definition) is 0. The minimum atomic E-state index is 0.718. The second-order valence-corrected chi connectivity index (χ2v) is 5.36. The van der Waals surface area contributed by atoms with Crippen molar-refractivity contribution in [1.29, 1.82) is 0 Å². The molecule has 0 fully saturated rings. The van der Waals surface area contributed by atoms with Gasteiger partial charge in [-0.15, -0.1) is 0 Å². The molecule has 1 aliphatic rings. The minimum absolute atomic E-state index is 0.718. The van der Waals surface area contributed by atoms with Gasteiger partial charge in [0.25, 0.3) is 0 Å². The highest BCUT2D eigenvalue weighted by molar-refractivity contribution is 5.55. The van der Waals surface area contributed by atoms with Crippen LogP contribution in [0.5, 0.6) is 0 Å². The van der Waals surface area contributed by atoms with Crippen LogP contribution in [0, 0.1) is 0 Å². The van der Waals surface area contributed by atoms with Gasteiger partial charge in [0, 0.05) is 18.7 Å². The minimum Gasteiger partial charge on any atom is -0.362 e. The van der Waals surface area contributed by atoms with Crippen molar-refractivity contribution in [2.24, 2.45) is 0 Å². The van der Waals surface area contributed by atoms with Crippen LogP contribution in [0.1, 0.15) is 43.5 Å². The summed E-state index contributed by atoms with van der Waals surface area (Å²) in [5.74, 6) is 1.57. The molecule has 1 aromatic heterocycles. The highest BCUT2D eigenvalue weighted by atomic mass is 16.5. The van der Waals surface area contributed by atoms with Crippen LogP contribution < -0.4 is 4.90 Å². The van der Waals surface area contributed by atoms with Gasteiger partial charge >= 0.3 is 0 Å². The zero-order valence-corrected chi connectivity index (χ0v) is 12.0. The maximum absolute atomic E-state index is 5.38. The molecule has 0 bridgehead atoms. The van der Waals surface area contributed by atoms with Gasteiger partial charge in [-0.3, -0.25) is 0 Å². The van der Waals surface area contributed by atoms with Crippen LogP contribution in [-0.4, -0.2) is 16.7 Å². The van der Waals surface area contributed by atoms with Crippen molar-refractivity contribution in [1.82, 2.24) is 10.1 Å². The number of rotatable bonds is 5. The van der Waals surface area contributed by atoms with Gasteiger partial charge in [-0.25, -0.2) is 0 Å². The van der Waals surface area contributed by atoms with Gasteiger partial charge in [0.1, 0.15) is 0 Å². The lowest BCUT2D eigenvalue weighted by atomic mass is 10.0. The van der Waals surface area contributed by atoms with E-state index in [-0.39, 0.29) is 0 Å². The fourth-order valence-electron chi connectivity index (χ4n) is 2.73. The van der Waals surface area contributed by atoms with E-state index in [4.69, 9.17) is 4.52 Å². The topological polar surface area (TPSA) is 42.2 Å². The van der Waals surface area contributed by atoms with Crippen LogP contribution in [0.25, 0.3) is 0 Å². The van der Waals surface area contributed by atoms with Crippen LogP contribution in [0.2, 0.25) is 0 Å². The molecule has 0 N–H and O–H groups in total. The Labute approximate surface area is 119 Å². The van der Waals surface area contributed by atoms with Crippen molar-refractivity contribution < 1.29 is 4.52 Å². The molecule has 4 nitrogen and oxygen atoms in total. The number of aromatic nitrogens is 2. The lowest BCUT2D eigenvalue weighted by molar-refractivity contribution is 0.369. The Morgan fingerprint density at radius 2 is 2.20 bits per heavy atom. The summed E-state index contributed by atoms with van der Waals surface area (Å²) in [5.41, 5.74) is 2.73. The monoisotopic (exact) mass is 271 g/mol. The van der Waals surface area contributed by atoms with Gasteiger partial charge in [0.05, 0.1) is 6.54 Å². The summed E-state index contributed by atoms with van der Waals surface area (Å²) in [7, 11) is 0. The van der Waals surface area contributed by atoms with Gasteiger partial charge in [-0.05, 0) is 30.9 Å². The van der Waals surface area contributed by atoms with Crippen LogP contribution >= 0.6 is 0 Å². The van der Waals surface area contributed by atoms with E-state index in [1.165, 1.54) is 17.7 Å². The zero-order valence-electron chi connectivity index (χ0n) is 12.0. The van der Waals surface area contributed by atoms with Gasteiger partial charge in [0.2, 0.25) is 5.89 Å². The number of benzene rings is 1. The molecule has 3 rings (SSSR count). The lowest BCUT2D eigenvalue weighted by Gasteiger charge is -2.29. The molecule has 0 unspecified atom stereocenters. The van der Waals surface area contributed by atoms with Crippen molar-refractivity contribution >= 4 is 5.69 Å².